The molecule has 3 nitrogen and oxygen atoms in total. The molecule has 1 heterocycles. The summed E-state index contributed by atoms with van der Waals surface area (Å²) in [5.74, 6) is 1.38. The third kappa shape index (κ3) is 2.14. The molecule has 9 heavy (non-hydrogen) atoms. The van der Waals surface area contributed by atoms with Gasteiger partial charge in [-0.25, -0.2) is 0 Å². The Morgan fingerprint density at radius 2 is 2.33 bits per heavy atom. The predicted molar refractivity (Wildman–Crippen MR) is 35.0 cm³/mol. The van der Waals surface area contributed by atoms with E-state index in [1.807, 2.05) is 0 Å². The lowest BCUT2D eigenvalue weighted by molar-refractivity contribution is -0.0965. The number of thioether (sulfide) groups is 1. The van der Waals surface area contributed by atoms with Gasteiger partial charge < -0.3 is 14.9 Å². The van der Waals surface area contributed by atoms with Crippen LogP contribution in [0.3, 0.4) is 0 Å². The summed E-state index contributed by atoms with van der Waals surface area (Å²) in [7, 11) is 0. The fourth-order valence-corrected chi connectivity index (χ4v) is 1.56. The average Bonchev–Trinajstić information content (AvgIpc) is 1.90. The van der Waals surface area contributed by atoms with Gasteiger partial charge >= 0.3 is 0 Å². The van der Waals surface area contributed by atoms with E-state index in [-0.39, 0.29) is 5.92 Å². The summed E-state index contributed by atoms with van der Waals surface area (Å²) in [6.45, 7) is 0.477. The lowest BCUT2D eigenvalue weighted by atomic mass is 10.2. The van der Waals surface area contributed by atoms with Crippen molar-refractivity contribution in [3.8, 4) is 0 Å². The maximum absolute atomic E-state index is 8.64. The molecule has 1 unspecified atom stereocenters. The van der Waals surface area contributed by atoms with Gasteiger partial charge in [-0.1, -0.05) is 0 Å². The summed E-state index contributed by atoms with van der Waals surface area (Å²) in [5.41, 5.74) is 0. The van der Waals surface area contributed by atoms with Gasteiger partial charge in [0.1, 0.15) is 0 Å². The third-order valence-corrected chi connectivity index (χ3v) is 2.25. The minimum atomic E-state index is -1.21. The highest BCUT2D eigenvalue weighted by molar-refractivity contribution is 7.99. The van der Waals surface area contributed by atoms with Crippen LogP contribution in [0.1, 0.15) is 0 Å². The predicted octanol–water partition coefficient (Wildman–Crippen LogP) is -0.366. The molecular formula is C5H10O3S. The van der Waals surface area contributed by atoms with Crippen molar-refractivity contribution in [1.29, 1.82) is 0 Å². The van der Waals surface area contributed by atoms with E-state index < -0.39 is 6.29 Å². The zero-order chi connectivity index (χ0) is 6.69. The molecule has 0 amide bonds. The number of rotatable bonds is 1. The average molecular weight is 150 g/mol. The van der Waals surface area contributed by atoms with Gasteiger partial charge in [-0.2, -0.15) is 0 Å². The van der Waals surface area contributed by atoms with Gasteiger partial charge in [-0.3, -0.25) is 0 Å². The molecule has 1 atom stereocenters. The highest BCUT2D eigenvalue weighted by Crippen LogP contribution is 2.17. The fraction of sp³-hybridized carbons (Fsp3) is 1.00. The standard InChI is InChI=1S/C5H10O3S/c6-5(7)4-1-8-3-9-2-4/h4-7H,1-3H2. The first-order valence-corrected chi connectivity index (χ1v) is 3.98. The SMILES string of the molecule is OC(O)C1COCSC1. The number of aliphatic hydroxyl groups excluding tert-OH is 1. The maximum atomic E-state index is 8.64. The molecule has 0 aliphatic carbocycles. The van der Waals surface area contributed by atoms with Crippen LogP contribution < -0.4 is 0 Å². The summed E-state index contributed by atoms with van der Waals surface area (Å²) in [6, 6.07) is 0. The Bertz CT molecular complexity index is 80.3. The van der Waals surface area contributed by atoms with Crippen molar-refractivity contribution in [3.63, 3.8) is 0 Å². The molecular weight excluding hydrogens is 140 g/mol. The third-order valence-electron chi connectivity index (χ3n) is 1.25. The monoisotopic (exact) mass is 150 g/mol. The first-order chi connectivity index (χ1) is 4.30. The van der Waals surface area contributed by atoms with Crippen LogP contribution in [-0.4, -0.2) is 34.8 Å². The largest absolute Gasteiger partial charge is 0.370 e. The summed E-state index contributed by atoms with van der Waals surface area (Å²) >= 11 is 1.59. The molecule has 0 spiro atoms. The minimum Gasteiger partial charge on any atom is -0.370 e. The van der Waals surface area contributed by atoms with E-state index in [2.05, 4.69) is 0 Å². The van der Waals surface area contributed by atoms with Crippen molar-refractivity contribution in [3.05, 3.63) is 0 Å². The second-order valence-corrected chi connectivity index (χ2v) is 3.01. The highest BCUT2D eigenvalue weighted by Gasteiger charge is 2.19. The quantitative estimate of drug-likeness (QED) is 0.501. The normalized spacial score (nSPS) is 29.0. The number of aliphatic hydroxyl groups is 2. The van der Waals surface area contributed by atoms with Crippen LogP contribution >= 0.6 is 11.8 Å². The molecule has 2 N–H and O–H groups in total. The molecule has 0 aromatic carbocycles. The first-order valence-electron chi connectivity index (χ1n) is 2.82. The Labute approximate surface area is 58.0 Å². The molecule has 1 saturated heterocycles. The van der Waals surface area contributed by atoms with Crippen LogP contribution in [0, 0.1) is 5.92 Å². The Balaban J connectivity index is 2.23. The minimum absolute atomic E-state index is 0.0938. The van der Waals surface area contributed by atoms with Crippen LogP contribution in [0.4, 0.5) is 0 Å². The zero-order valence-electron chi connectivity index (χ0n) is 4.99. The van der Waals surface area contributed by atoms with Crippen LogP contribution in [0.5, 0.6) is 0 Å². The van der Waals surface area contributed by atoms with E-state index in [4.69, 9.17) is 14.9 Å². The first kappa shape index (κ1) is 7.34. The molecule has 1 aliphatic rings. The van der Waals surface area contributed by atoms with E-state index in [1.54, 1.807) is 11.8 Å². The molecule has 0 aromatic heterocycles. The molecule has 0 aromatic rings. The van der Waals surface area contributed by atoms with Crippen LogP contribution in [0.2, 0.25) is 0 Å². The lowest BCUT2D eigenvalue weighted by Gasteiger charge is -2.22. The molecule has 1 fully saturated rings. The molecule has 1 rings (SSSR count). The highest BCUT2D eigenvalue weighted by atomic mass is 32.2. The van der Waals surface area contributed by atoms with Gasteiger partial charge in [0.2, 0.25) is 0 Å². The Morgan fingerprint density at radius 1 is 1.56 bits per heavy atom. The van der Waals surface area contributed by atoms with Gasteiger partial charge in [0, 0.05) is 11.7 Å². The van der Waals surface area contributed by atoms with E-state index in [0.717, 1.165) is 5.75 Å². The van der Waals surface area contributed by atoms with Crippen molar-refractivity contribution in [2.45, 2.75) is 6.29 Å². The molecule has 0 radical (unpaired) electrons. The summed E-state index contributed by atoms with van der Waals surface area (Å²) in [5, 5.41) is 17.3. The summed E-state index contributed by atoms with van der Waals surface area (Å²) in [4.78, 5) is 0. The molecule has 1 aliphatic heterocycles. The van der Waals surface area contributed by atoms with E-state index in [1.165, 1.54) is 0 Å². The summed E-state index contributed by atoms with van der Waals surface area (Å²) < 4.78 is 4.99. The van der Waals surface area contributed by atoms with Crippen LogP contribution in [0.25, 0.3) is 0 Å². The van der Waals surface area contributed by atoms with Crippen LogP contribution in [0.15, 0.2) is 0 Å². The molecule has 4 heteroatoms. The maximum Gasteiger partial charge on any atom is 0.157 e. The lowest BCUT2D eigenvalue weighted by Crippen LogP contribution is -2.29. The second kappa shape index (κ2) is 3.41. The molecule has 0 bridgehead atoms. The Kier molecular flexibility index (Phi) is 2.78. The number of hydrogen-bond acceptors (Lipinski definition) is 4. The number of ether oxygens (including phenoxy) is 1. The summed E-state index contributed by atoms with van der Waals surface area (Å²) in [6.07, 6.45) is -1.21. The van der Waals surface area contributed by atoms with Gasteiger partial charge in [0.25, 0.3) is 0 Å². The second-order valence-electron chi connectivity index (χ2n) is 2.03. The fourth-order valence-electron chi connectivity index (χ4n) is 0.678. The molecule has 54 valence electrons. The van der Waals surface area contributed by atoms with Gasteiger partial charge in [-0.15, -0.1) is 11.8 Å². The zero-order valence-corrected chi connectivity index (χ0v) is 5.80. The van der Waals surface area contributed by atoms with E-state index in [9.17, 15) is 0 Å². The van der Waals surface area contributed by atoms with E-state index in [0.29, 0.717) is 12.5 Å². The Hall–Kier alpha value is 0.230. The van der Waals surface area contributed by atoms with Gasteiger partial charge in [0.05, 0.1) is 12.5 Å². The molecule has 0 saturated carbocycles. The Morgan fingerprint density at radius 3 is 2.67 bits per heavy atom. The van der Waals surface area contributed by atoms with Crippen molar-refractivity contribution in [2.24, 2.45) is 5.92 Å². The van der Waals surface area contributed by atoms with Gasteiger partial charge in [-0.05, 0) is 0 Å². The number of hydrogen-bond donors (Lipinski definition) is 2. The van der Waals surface area contributed by atoms with Crippen LogP contribution in [-0.2, 0) is 4.74 Å². The van der Waals surface area contributed by atoms with Crippen molar-refractivity contribution >= 4 is 11.8 Å². The van der Waals surface area contributed by atoms with Crippen molar-refractivity contribution < 1.29 is 14.9 Å². The van der Waals surface area contributed by atoms with Crippen molar-refractivity contribution in [1.82, 2.24) is 0 Å². The topological polar surface area (TPSA) is 49.7 Å². The van der Waals surface area contributed by atoms with Gasteiger partial charge in [0.15, 0.2) is 6.29 Å². The smallest absolute Gasteiger partial charge is 0.157 e. The van der Waals surface area contributed by atoms with E-state index >= 15 is 0 Å². The van der Waals surface area contributed by atoms with Crippen molar-refractivity contribution in [2.75, 3.05) is 18.3 Å².